The van der Waals surface area contributed by atoms with Crippen LogP contribution in [0.2, 0.25) is 5.02 Å². The predicted molar refractivity (Wildman–Crippen MR) is 128 cm³/mol. The molecule has 0 spiro atoms. The maximum absolute atomic E-state index is 13.0. The molecule has 0 saturated heterocycles. The fourth-order valence-corrected chi connectivity index (χ4v) is 5.96. The minimum atomic E-state index is -3.53. The highest BCUT2D eigenvalue weighted by atomic mass is 35.5. The molecule has 2 N–H and O–H groups in total. The molecule has 1 aliphatic carbocycles. The first kappa shape index (κ1) is 24.7. The van der Waals surface area contributed by atoms with Gasteiger partial charge >= 0.3 is 0 Å². The second kappa shape index (κ2) is 10.8. The summed E-state index contributed by atoms with van der Waals surface area (Å²) < 4.78 is 27.5. The zero-order valence-corrected chi connectivity index (χ0v) is 20.4. The van der Waals surface area contributed by atoms with E-state index in [0.717, 1.165) is 31.2 Å². The SMILES string of the molecule is CNC(=O)CC(NC)c1ccc(C2CCC(N(C)S(=O)(=O)c3ccc(Cl)cc3)CC2)cc1. The van der Waals surface area contributed by atoms with Gasteiger partial charge in [0.05, 0.1) is 4.90 Å². The third-order valence-electron chi connectivity index (χ3n) is 6.53. The molecule has 1 unspecified atom stereocenters. The van der Waals surface area contributed by atoms with Crippen LogP contribution in [-0.2, 0) is 14.8 Å². The van der Waals surface area contributed by atoms with E-state index in [9.17, 15) is 13.2 Å². The van der Waals surface area contributed by atoms with Gasteiger partial charge in [0.25, 0.3) is 0 Å². The van der Waals surface area contributed by atoms with E-state index in [1.54, 1.807) is 38.4 Å². The predicted octanol–water partition coefficient (Wildman–Crippen LogP) is 4.08. The molecule has 1 amide bonds. The minimum Gasteiger partial charge on any atom is -0.359 e. The Morgan fingerprint density at radius 3 is 2.16 bits per heavy atom. The van der Waals surface area contributed by atoms with Crippen LogP contribution in [0, 0.1) is 0 Å². The smallest absolute Gasteiger partial charge is 0.243 e. The van der Waals surface area contributed by atoms with Crippen molar-refractivity contribution in [2.24, 2.45) is 0 Å². The summed E-state index contributed by atoms with van der Waals surface area (Å²) in [6.45, 7) is 0. The molecular formula is C24H32ClN3O3S. The lowest BCUT2D eigenvalue weighted by molar-refractivity contribution is -0.121. The van der Waals surface area contributed by atoms with Crippen LogP contribution in [0.25, 0.3) is 0 Å². The van der Waals surface area contributed by atoms with Crippen molar-refractivity contribution in [2.75, 3.05) is 21.1 Å². The van der Waals surface area contributed by atoms with Crippen molar-refractivity contribution in [3.05, 3.63) is 64.7 Å². The molecule has 0 aliphatic heterocycles. The van der Waals surface area contributed by atoms with Crippen LogP contribution in [0.15, 0.2) is 53.4 Å². The van der Waals surface area contributed by atoms with Gasteiger partial charge in [0.2, 0.25) is 15.9 Å². The van der Waals surface area contributed by atoms with Crippen molar-refractivity contribution in [2.45, 2.75) is 55.0 Å². The first-order chi connectivity index (χ1) is 15.3. The van der Waals surface area contributed by atoms with Gasteiger partial charge < -0.3 is 10.6 Å². The minimum absolute atomic E-state index is 0.00409. The number of amides is 1. The Morgan fingerprint density at radius 1 is 1.03 bits per heavy atom. The van der Waals surface area contributed by atoms with Crippen molar-refractivity contribution in [1.82, 2.24) is 14.9 Å². The molecule has 2 aromatic carbocycles. The molecule has 1 aliphatic rings. The topological polar surface area (TPSA) is 78.5 Å². The Hall–Kier alpha value is -1.93. The fourth-order valence-electron chi connectivity index (χ4n) is 4.42. The molecule has 0 aromatic heterocycles. The second-order valence-electron chi connectivity index (χ2n) is 8.37. The van der Waals surface area contributed by atoms with Crippen molar-refractivity contribution in [1.29, 1.82) is 0 Å². The highest BCUT2D eigenvalue weighted by molar-refractivity contribution is 7.89. The Balaban J connectivity index is 1.61. The first-order valence-electron chi connectivity index (χ1n) is 11.0. The highest BCUT2D eigenvalue weighted by Crippen LogP contribution is 2.36. The van der Waals surface area contributed by atoms with Gasteiger partial charge in [-0.05, 0) is 74.0 Å². The Bertz CT molecular complexity index is 1000. The summed E-state index contributed by atoms with van der Waals surface area (Å²) in [4.78, 5) is 12.0. The number of benzene rings is 2. The average molecular weight is 478 g/mol. The molecule has 32 heavy (non-hydrogen) atoms. The van der Waals surface area contributed by atoms with E-state index >= 15 is 0 Å². The summed E-state index contributed by atoms with van der Waals surface area (Å²) in [6, 6.07) is 14.8. The van der Waals surface area contributed by atoms with Crippen LogP contribution in [0.4, 0.5) is 0 Å². The van der Waals surface area contributed by atoms with E-state index in [4.69, 9.17) is 11.6 Å². The standard InChI is InChI=1S/C24H32ClN3O3S/c1-26-23(16-24(29)27-2)19-6-4-17(5-7-19)18-8-12-21(13-9-18)28(3)32(30,31)22-14-10-20(25)11-15-22/h4-7,10-11,14-15,18,21,23,26H,8-9,12-13,16H2,1-3H3,(H,27,29). The quantitative estimate of drug-likeness (QED) is 0.600. The van der Waals surface area contributed by atoms with Gasteiger partial charge in [-0.1, -0.05) is 35.9 Å². The molecule has 2 aromatic rings. The number of sulfonamides is 1. The number of nitrogens with one attached hydrogen (secondary N) is 2. The summed E-state index contributed by atoms with van der Waals surface area (Å²) in [5.41, 5.74) is 2.35. The Labute approximate surface area is 196 Å². The van der Waals surface area contributed by atoms with E-state index in [2.05, 4.69) is 34.9 Å². The molecule has 1 atom stereocenters. The first-order valence-corrected chi connectivity index (χ1v) is 12.8. The third kappa shape index (κ3) is 5.70. The summed E-state index contributed by atoms with van der Waals surface area (Å²) in [6.07, 6.45) is 3.93. The molecule has 8 heteroatoms. The molecule has 3 rings (SSSR count). The van der Waals surface area contributed by atoms with Crippen molar-refractivity contribution in [3.63, 3.8) is 0 Å². The van der Waals surface area contributed by atoms with Gasteiger partial charge in [-0.3, -0.25) is 4.79 Å². The molecule has 174 valence electrons. The van der Waals surface area contributed by atoms with E-state index in [0.29, 0.717) is 17.4 Å². The van der Waals surface area contributed by atoms with Gasteiger partial charge in [-0.2, -0.15) is 4.31 Å². The molecule has 1 fully saturated rings. The van der Waals surface area contributed by atoms with Crippen LogP contribution in [0.1, 0.15) is 55.2 Å². The van der Waals surface area contributed by atoms with Crippen LogP contribution in [0.5, 0.6) is 0 Å². The third-order valence-corrected chi connectivity index (χ3v) is 8.70. The summed E-state index contributed by atoms with van der Waals surface area (Å²) in [5, 5.41) is 6.39. The molecule has 0 heterocycles. The molecule has 0 bridgehead atoms. The maximum atomic E-state index is 13.0. The molecule has 1 saturated carbocycles. The highest BCUT2D eigenvalue weighted by Gasteiger charge is 2.32. The summed E-state index contributed by atoms with van der Waals surface area (Å²) in [5.74, 6) is 0.420. The number of hydrogen-bond acceptors (Lipinski definition) is 4. The lowest BCUT2D eigenvalue weighted by atomic mass is 9.81. The summed E-state index contributed by atoms with van der Waals surface area (Å²) >= 11 is 5.90. The zero-order chi connectivity index (χ0) is 23.3. The maximum Gasteiger partial charge on any atom is 0.243 e. The number of nitrogens with zero attached hydrogens (tertiary/aromatic N) is 1. The summed E-state index contributed by atoms with van der Waals surface area (Å²) in [7, 11) is 1.65. The second-order valence-corrected chi connectivity index (χ2v) is 10.8. The lowest BCUT2D eigenvalue weighted by Gasteiger charge is -2.34. The zero-order valence-electron chi connectivity index (χ0n) is 18.8. The number of carbonyl (C=O) groups is 1. The number of carbonyl (C=O) groups excluding carboxylic acids is 1. The number of rotatable bonds is 8. The monoisotopic (exact) mass is 477 g/mol. The van der Waals surface area contributed by atoms with Crippen molar-refractivity contribution >= 4 is 27.5 Å². The van der Waals surface area contributed by atoms with Gasteiger partial charge in [0.15, 0.2) is 0 Å². The van der Waals surface area contributed by atoms with Crippen LogP contribution in [0.3, 0.4) is 0 Å². The van der Waals surface area contributed by atoms with E-state index in [1.165, 1.54) is 9.87 Å². The number of hydrogen-bond donors (Lipinski definition) is 2. The number of halogens is 1. The molecule has 0 radical (unpaired) electrons. The Kier molecular flexibility index (Phi) is 8.33. The van der Waals surface area contributed by atoms with Crippen LogP contribution < -0.4 is 10.6 Å². The Morgan fingerprint density at radius 2 is 1.62 bits per heavy atom. The van der Waals surface area contributed by atoms with Crippen molar-refractivity contribution < 1.29 is 13.2 Å². The van der Waals surface area contributed by atoms with Crippen molar-refractivity contribution in [3.8, 4) is 0 Å². The van der Waals surface area contributed by atoms with Crippen LogP contribution in [-0.4, -0.2) is 45.8 Å². The van der Waals surface area contributed by atoms with E-state index in [-0.39, 0.29) is 22.9 Å². The van der Waals surface area contributed by atoms with Gasteiger partial charge in [0.1, 0.15) is 0 Å². The van der Waals surface area contributed by atoms with Gasteiger partial charge in [-0.25, -0.2) is 8.42 Å². The van der Waals surface area contributed by atoms with E-state index in [1.807, 2.05) is 7.05 Å². The average Bonchev–Trinajstić information content (AvgIpc) is 2.82. The molecule has 6 nitrogen and oxygen atoms in total. The lowest BCUT2D eigenvalue weighted by Crippen LogP contribution is -2.39. The molecular weight excluding hydrogens is 446 g/mol. The largest absolute Gasteiger partial charge is 0.359 e. The van der Waals surface area contributed by atoms with Gasteiger partial charge in [0, 0.05) is 37.6 Å². The van der Waals surface area contributed by atoms with E-state index < -0.39 is 10.0 Å². The van der Waals surface area contributed by atoms with Gasteiger partial charge in [-0.15, -0.1) is 0 Å². The normalized spacial score (nSPS) is 20.2. The van der Waals surface area contributed by atoms with Crippen LogP contribution >= 0.6 is 11.6 Å². The fraction of sp³-hybridized carbons (Fsp3) is 0.458.